The molecule has 1 aromatic rings. The van der Waals surface area contributed by atoms with Gasteiger partial charge in [0.2, 0.25) is 0 Å². The number of hydrogen-bond acceptors (Lipinski definition) is 4. The molecule has 0 aliphatic carbocycles. The minimum atomic E-state index is 0.714. The van der Waals surface area contributed by atoms with Crippen molar-refractivity contribution < 1.29 is 4.74 Å². The van der Waals surface area contributed by atoms with E-state index in [9.17, 15) is 0 Å². The summed E-state index contributed by atoms with van der Waals surface area (Å²) in [6, 6.07) is 6.01. The van der Waals surface area contributed by atoms with Gasteiger partial charge in [-0.2, -0.15) is 0 Å². The molecule has 0 spiro atoms. The minimum Gasteiger partial charge on any atom is -0.495 e. The highest BCUT2D eigenvalue weighted by Gasteiger charge is 2.01. The standard InChI is InChI=1S/C16H29N3O/c1-4-19(5-2)12-6-10-18-11-9-14-7-8-16(20-3)15(17)13-14/h7-8,13,18H,4-6,9-12,17H2,1-3H3. The van der Waals surface area contributed by atoms with Gasteiger partial charge in [0.05, 0.1) is 12.8 Å². The van der Waals surface area contributed by atoms with E-state index in [4.69, 9.17) is 10.5 Å². The molecule has 0 unspecified atom stereocenters. The third-order valence-electron chi connectivity index (χ3n) is 3.61. The predicted molar refractivity (Wildman–Crippen MR) is 86.4 cm³/mol. The van der Waals surface area contributed by atoms with E-state index < -0.39 is 0 Å². The van der Waals surface area contributed by atoms with E-state index >= 15 is 0 Å². The van der Waals surface area contributed by atoms with Crippen LogP contribution in [0.4, 0.5) is 5.69 Å². The van der Waals surface area contributed by atoms with Gasteiger partial charge in [-0.15, -0.1) is 0 Å². The summed E-state index contributed by atoms with van der Waals surface area (Å²) in [4.78, 5) is 2.45. The van der Waals surface area contributed by atoms with Gasteiger partial charge in [0.15, 0.2) is 0 Å². The second-order valence-electron chi connectivity index (χ2n) is 4.96. The summed E-state index contributed by atoms with van der Waals surface area (Å²) in [5.41, 5.74) is 7.86. The lowest BCUT2D eigenvalue weighted by molar-refractivity contribution is 0.298. The molecule has 0 saturated carbocycles. The quantitative estimate of drug-likeness (QED) is 0.509. The van der Waals surface area contributed by atoms with Crippen molar-refractivity contribution in [1.82, 2.24) is 10.2 Å². The first-order valence-electron chi connectivity index (χ1n) is 7.56. The number of nitrogens with two attached hydrogens (primary N) is 1. The fourth-order valence-electron chi connectivity index (χ4n) is 2.26. The van der Waals surface area contributed by atoms with E-state index in [0.717, 1.165) is 38.3 Å². The number of nitrogen functional groups attached to an aromatic ring is 1. The molecule has 0 saturated heterocycles. The first-order valence-corrected chi connectivity index (χ1v) is 7.56. The zero-order valence-corrected chi connectivity index (χ0v) is 13.1. The minimum absolute atomic E-state index is 0.714. The third kappa shape index (κ3) is 5.80. The topological polar surface area (TPSA) is 50.5 Å². The van der Waals surface area contributed by atoms with E-state index in [0.29, 0.717) is 5.69 Å². The van der Waals surface area contributed by atoms with E-state index in [1.807, 2.05) is 12.1 Å². The molecule has 1 aromatic carbocycles. The molecule has 0 heterocycles. The average Bonchev–Trinajstić information content (AvgIpc) is 2.47. The SMILES string of the molecule is CCN(CC)CCCNCCc1ccc(OC)c(N)c1. The number of rotatable bonds is 10. The van der Waals surface area contributed by atoms with Gasteiger partial charge >= 0.3 is 0 Å². The number of hydrogen-bond donors (Lipinski definition) is 2. The lowest BCUT2D eigenvalue weighted by atomic mass is 10.1. The molecule has 4 nitrogen and oxygen atoms in total. The van der Waals surface area contributed by atoms with Crippen LogP contribution in [0.3, 0.4) is 0 Å². The fraction of sp³-hybridized carbons (Fsp3) is 0.625. The molecule has 4 heteroatoms. The van der Waals surface area contributed by atoms with Crippen molar-refractivity contribution in [2.45, 2.75) is 26.7 Å². The highest BCUT2D eigenvalue weighted by molar-refractivity contribution is 5.54. The van der Waals surface area contributed by atoms with Gasteiger partial charge in [0.1, 0.15) is 5.75 Å². The molecule has 3 N–H and O–H groups in total. The number of nitrogens with zero attached hydrogens (tertiary/aromatic N) is 1. The van der Waals surface area contributed by atoms with Crippen LogP contribution < -0.4 is 15.8 Å². The van der Waals surface area contributed by atoms with Crippen LogP contribution in [0, 0.1) is 0 Å². The van der Waals surface area contributed by atoms with Crippen molar-refractivity contribution in [3.05, 3.63) is 23.8 Å². The van der Waals surface area contributed by atoms with Gasteiger partial charge < -0.3 is 20.7 Å². The molecule has 0 aliphatic heterocycles. The molecule has 0 atom stereocenters. The Morgan fingerprint density at radius 1 is 1.20 bits per heavy atom. The van der Waals surface area contributed by atoms with Crippen LogP contribution in [0.5, 0.6) is 5.75 Å². The van der Waals surface area contributed by atoms with Crippen molar-refractivity contribution in [2.75, 3.05) is 45.6 Å². The molecular formula is C16H29N3O. The first kappa shape index (κ1) is 16.8. The lowest BCUT2D eigenvalue weighted by Crippen LogP contribution is -2.27. The van der Waals surface area contributed by atoms with Crippen LogP contribution in [0.1, 0.15) is 25.8 Å². The van der Waals surface area contributed by atoms with Crippen molar-refractivity contribution in [3.63, 3.8) is 0 Å². The van der Waals surface area contributed by atoms with E-state index in [1.54, 1.807) is 7.11 Å². The zero-order chi connectivity index (χ0) is 14.8. The third-order valence-corrected chi connectivity index (χ3v) is 3.61. The molecule has 0 fully saturated rings. The van der Waals surface area contributed by atoms with Crippen molar-refractivity contribution in [2.24, 2.45) is 0 Å². The van der Waals surface area contributed by atoms with Crippen LogP contribution in [0.25, 0.3) is 0 Å². The van der Waals surface area contributed by atoms with Gasteiger partial charge in [-0.25, -0.2) is 0 Å². The van der Waals surface area contributed by atoms with Crippen molar-refractivity contribution in [3.8, 4) is 5.75 Å². The Hall–Kier alpha value is -1.26. The van der Waals surface area contributed by atoms with Crippen molar-refractivity contribution in [1.29, 1.82) is 0 Å². The summed E-state index contributed by atoms with van der Waals surface area (Å²) in [5, 5.41) is 3.49. The van der Waals surface area contributed by atoms with Gasteiger partial charge in [0.25, 0.3) is 0 Å². The van der Waals surface area contributed by atoms with E-state index in [1.165, 1.54) is 18.5 Å². The van der Waals surface area contributed by atoms with Gasteiger partial charge in [-0.3, -0.25) is 0 Å². The highest BCUT2D eigenvalue weighted by atomic mass is 16.5. The number of benzene rings is 1. The van der Waals surface area contributed by atoms with Crippen LogP contribution in [-0.4, -0.2) is 44.7 Å². The Kier molecular flexibility index (Phi) is 8.07. The molecule has 0 aromatic heterocycles. The maximum absolute atomic E-state index is 5.90. The van der Waals surface area contributed by atoms with Crippen LogP contribution in [0.15, 0.2) is 18.2 Å². The summed E-state index contributed by atoms with van der Waals surface area (Å²) in [6.45, 7) is 9.95. The number of methoxy groups -OCH3 is 1. The molecule has 1 rings (SSSR count). The van der Waals surface area contributed by atoms with E-state index in [2.05, 4.69) is 30.1 Å². The van der Waals surface area contributed by atoms with Crippen LogP contribution in [0.2, 0.25) is 0 Å². The monoisotopic (exact) mass is 279 g/mol. The van der Waals surface area contributed by atoms with Gasteiger partial charge in [-0.05, 0) is 63.3 Å². The first-order chi connectivity index (χ1) is 9.71. The fourth-order valence-corrected chi connectivity index (χ4v) is 2.26. The maximum atomic E-state index is 5.90. The Bertz CT molecular complexity index is 378. The molecule has 0 bridgehead atoms. The Morgan fingerprint density at radius 3 is 2.55 bits per heavy atom. The second-order valence-corrected chi connectivity index (χ2v) is 4.96. The number of ether oxygens (including phenoxy) is 1. The zero-order valence-electron chi connectivity index (χ0n) is 13.1. The molecule has 114 valence electrons. The number of anilines is 1. The van der Waals surface area contributed by atoms with E-state index in [-0.39, 0.29) is 0 Å². The predicted octanol–water partition coefficient (Wildman–Crippen LogP) is 2.14. The number of nitrogens with one attached hydrogen (secondary N) is 1. The molecule has 0 amide bonds. The van der Waals surface area contributed by atoms with Gasteiger partial charge in [-0.1, -0.05) is 19.9 Å². The van der Waals surface area contributed by atoms with Crippen molar-refractivity contribution >= 4 is 5.69 Å². The molecular weight excluding hydrogens is 250 g/mol. The van der Waals surface area contributed by atoms with Crippen LogP contribution >= 0.6 is 0 Å². The summed E-state index contributed by atoms with van der Waals surface area (Å²) < 4.78 is 5.16. The normalized spacial score (nSPS) is 11.0. The Morgan fingerprint density at radius 2 is 1.95 bits per heavy atom. The second kappa shape index (κ2) is 9.61. The Labute approximate surface area is 123 Å². The van der Waals surface area contributed by atoms with Gasteiger partial charge in [0, 0.05) is 0 Å². The summed E-state index contributed by atoms with van der Waals surface area (Å²) >= 11 is 0. The molecule has 0 aliphatic rings. The molecule has 20 heavy (non-hydrogen) atoms. The summed E-state index contributed by atoms with van der Waals surface area (Å²) in [7, 11) is 1.64. The summed E-state index contributed by atoms with van der Waals surface area (Å²) in [5.74, 6) is 0.751. The lowest BCUT2D eigenvalue weighted by Gasteiger charge is -2.17. The maximum Gasteiger partial charge on any atom is 0.141 e. The van der Waals surface area contributed by atoms with Crippen LogP contribution in [-0.2, 0) is 6.42 Å². The largest absolute Gasteiger partial charge is 0.495 e. The Balaban J connectivity index is 2.16. The summed E-state index contributed by atoms with van der Waals surface area (Å²) in [6.07, 6.45) is 2.20. The highest BCUT2D eigenvalue weighted by Crippen LogP contribution is 2.21. The smallest absolute Gasteiger partial charge is 0.141 e. The average molecular weight is 279 g/mol. The molecule has 0 radical (unpaired) electrons.